The van der Waals surface area contributed by atoms with Crippen LogP contribution in [-0.4, -0.2) is 38.5 Å². The van der Waals surface area contributed by atoms with Gasteiger partial charge in [-0.3, -0.25) is 9.36 Å². The van der Waals surface area contributed by atoms with Crippen LogP contribution in [0.15, 0.2) is 86.2 Å². The molecule has 228 valence electrons. The Balaban J connectivity index is 1.62. The maximum absolute atomic E-state index is 14.1. The summed E-state index contributed by atoms with van der Waals surface area (Å²) in [7, 11) is 4.65. The van der Waals surface area contributed by atoms with E-state index < -0.39 is 12.0 Å². The number of methoxy groups -OCH3 is 3. The minimum absolute atomic E-state index is 0.175. The Bertz CT molecular complexity index is 1910. The highest BCUT2D eigenvalue weighted by Gasteiger charge is 2.35. The molecule has 44 heavy (non-hydrogen) atoms. The number of hydrogen-bond donors (Lipinski definition) is 0. The lowest BCUT2D eigenvalue weighted by atomic mass is 9.95. The number of carbonyl (C=O) groups excluding carboxylic acids is 1. The fourth-order valence-corrected chi connectivity index (χ4v) is 6.60. The van der Waals surface area contributed by atoms with E-state index in [1.807, 2.05) is 42.5 Å². The minimum atomic E-state index is -0.830. The van der Waals surface area contributed by atoms with Crippen molar-refractivity contribution in [3.05, 3.63) is 113 Å². The van der Waals surface area contributed by atoms with E-state index in [0.717, 1.165) is 5.56 Å². The van der Waals surface area contributed by atoms with Crippen LogP contribution in [0.3, 0.4) is 0 Å². The molecule has 5 rings (SSSR count). The Kier molecular flexibility index (Phi) is 9.55. The lowest BCUT2D eigenvalue weighted by Gasteiger charge is -2.26. The summed E-state index contributed by atoms with van der Waals surface area (Å²) in [4.78, 5) is 32.5. The van der Waals surface area contributed by atoms with Gasteiger partial charge >= 0.3 is 5.97 Å². The number of esters is 1. The maximum Gasteiger partial charge on any atom is 0.338 e. The van der Waals surface area contributed by atoms with Gasteiger partial charge < -0.3 is 23.7 Å². The van der Waals surface area contributed by atoms with Gasteiger partial charge in [0.25, 0.3) is 5.56 Å². The van der Waals surface area contributed by atoms with Gasteiger partial charge in [0.15, 0.2) is 16.3 Å². The molecule has 0 bridgehead atoms. The van der Waals surface area contributed by atoms with Crippen LogP contribution >= 0.6 is 27.3 Å². The van der Waals surface area contributed by atoms with Crippen molar-refractivity contribution in [3.8, 4) is 23.0 Å². The minimum Gasteiger partial charge on any atom is -0.497 e. The molecule has 0 spiro atoms. The second-order valence-electron chi connectivity index (χ2n) is 9.72. The van der Waals surface area contributed by atoms with Crippen LogP contribution in [0, 0.1) is 0 Å². The summed E-state index contributed by atoms with van der Waals surface area (Å²) in [6, 6.07) is 17.9. The van der Waals surface area contributed by atoms with Gasteiger partial charge in [0.05, 0.1) is 48.2 Å². The highest BCUT2D eigenvalue weighted by Crippen LogP contribution is 2.39. The summed E-state index contributed by atoms with van der Waals surface area (Å²) < 4.78 is 30.8. The Morgan fingerprint density at radius 1 is 1.02 bits per heavy atom. The van der Waals surface area contributed by atoms with Gasteiger partial charge in [-0.05, 0) is 71.2 Å². The van der Waals surface area contributed by atoms with Crippen molar-refractivity contribution in [2.45, 2.75) is 26.5 Å². The van der Waals surface area contributed by atoms with Crippen LogP contribution in [-0.2, 0) is 16.1 Å². The Hall–Kier alpha value is -4.35. The Labute approximate surface area is 266 Å². The predicted octanol–water partition coefficient (Wildman–Crippen LogP) is 5.17. The molecule has 3 aromatic carbocycles. The molecular formula is C33H31BrN2O7S. The van der Waals surface area contributed by atoms with Crippen molar-refractivity contribution in [2.24, 2.45) is 4.99 Å². The number of allylic oxidation sites excluding steroid dienone is 1. The quantitative estimate of drug-likeness (QED) is 0.214. The van der Waals surface area contributed by atoms with E-state index in [9.17, 15) is 9.59 Å². The summed E-state index contributed by atoms with van der Waals surface area (Å²) >= 11 is 4.84. The topological polar surface area (TPSA) is 97.6 Å². The fraction of sp³-hybridized carbons (Fsp3) is 0.242. The molecule has 0 N–H and O–H groups in total. The van der Waals surface area contributed by atoms with Crippen LogP contribution < -0.4 is 33.8 Å². The highest BCUT2D eigenvalue weighted by atomic mass is 79.9. The van der Waals surface area contributed by atoms with Crippen LogP contribution in [0.4, 0.5) is 0 Å². The number of fused-ring (bicyclic) bond motifs is 1. The van der Waals surface area contributed by atoms with Crippen LogP contribution in [0.25, 0.3) is 6.08 Å². The molecule has 1 aliphatic rings. The van der Waals surface area contributed by atoms with Gasteiger partial charge in [0.1, 0.15) is 24.1 Å². The number of thiazole rings is 1. The van der Waals surface area contributed by atoms with E-state index in [0.29, 0.717) is 60.2 Å². The SMILES string of the molecule is CCOC(=O)C1=C(C)N=c2s/c(=C\c3cc(Br)c(OCc4ccccc4)c(OC)c3)c(=O)n2[C@@H]1c1ccc(OC)cc1OC. The van der Waals surface area contributed by atoms with Gasteiger partial charge in [0.2, 0.25) is 0 Å². The fourth-order valence-electron chi connectivity index (χ4n) is 4.97. The third kappa shape index (κ3) is 6.15. The molecule has 1 atom stereocenters. The number of halogens is 1. The number of ether oxygens (including phenoxy) is 5. The molecule has 0 saturated carbocycles. The van der Waals surface area contributed by atoms with E-state index in [-0.39, 0.29) is 17.7 Å². The van der Waals surface area contributed by atoms with E-state index in [2.05, 4.69) is 20.9 Å². The van der Waals surface area contributed by atoms with Crippen molar-refractivity contribution in [2.75, 3.05) is 27.9 Å². The van der Waals surface area contributed by atoms with Crippen LogP contribution in [0.1, 0.15) is 36.6 Å². The standard InChI is InChI=1S/C33H31BrN2O7S/c1-6-42-32(38)28-19(2)35-33-36(29(28)23-13-12-22(39-3)17-25(23)40-4)31(37)27(44-33)16-21-14-24(34)30(26(15-21)41-5)43-18-20-10-8-7-9-11-20/h7-17,29H,6,18H2,1-5H3/b27-16-/t29-/m1/s1. The molecule has 0 saturated heterocycles. The number of nitrogens with zero attached hydrogens (tertiary/aromatic N) is 2. The molecule has 0 aliphatic carbocycles. The van der Waals surface area contributed by atoms with Crippen LogP contribution in [0.2, 0.25) is 0 Å². The first kappa shape index (κ1) is 31.1. The van der Waals surface area contributed by atoms with Crippen molar-refractivity contribution in [1.29, 1.82) is 0 Å². The van der Waals surface area contributed by atoms with Gasteiger partial charge in [-0.2, -0.15) is 0 Å². The lowest BCUT2D eigenvalue weighted by molar-refractivity contribution is -0.139. The zero-order valence-electron chi connectivity index (χ0n) is 24.9. The lowest BCUT2D eigenvalue weighted by Crippen LogP contribution is -2.40. The molecule has 9 nitrogen and oxygen atoms in total. The second-order valence-corrected chi connectivity index (χ2v) is 11.6. The van der Waals surface area contributed by atoms with E-state index in [1.54, 1.807) is 52.3 Å². The third-order valence-corrected chi connectivity index (χ3v) is 8.60. The van der Waals surface area contributed by atoms with Gasteiger partial charge in [-0.15, -0.1) is 0 Å². The third-order valence-electron chi connectivity index (χ3n) is 7.03. The number of aromatic nitrogens is 1. The number of hydrogen-bond acceptors (Lipinski definition) is 9. The van der Waals surface area contributed by atoms with Gasteiger partial charge in [-0.25, -0.2) is 9.79 Å². The molecular weight excluding hydrogens is 648 g/mol. The normalized spacial score (nSPS) is 14.5. The summed E-state index contributed by atoms with van der Waals surface area (Å²) in [6.45, 7) is 4.01. The molecule has 0 amide bonds. The molecule has 0 radical (unpaired) electrons. The Morgan fingerprint density at radius 3 is 2.45 bits per heavy atom. The first-order valence-corrected chi connectivity index (χ1v) is 15.4. The molecule has 0 unspecified atom stereocenters. The second kappa shape index (κ2) is 13.5. The predicted molar refractivity (Wildman–Crippen MR) is 171 cm³/mol. The molecule has 2 heterocycles. The summed E-state index contributed by atoms with van der Waals surface area (Å²) in [6.07, 6.45) is 1.77. The van der Waals surface area contributed by atoms with Crippen molar-refractivity contribution in [3.63, 3.8) is 0 Å². The highest BCUT2D eigenvalue weighted by molar-refractivity contribution is 9.10. The summed E-state index contributed by atoms with van der Waals surface area (Å²) in [5.74, 6) is 1.55. The monoisotopic (exact) mass is 678 g/mol. The largest absolute Gasteiger partial charge is 0.497 e. The molecule has 1 aliphatic heterocycles. The summed E-state index contributed by atoms with van der Waals surface area (Å²) in [5.41, 5.74) is 2.74. The maximum atomic E-state index is 14.1. The number of rotatable bonds is 10. The molecule has 4 aromatic rings. The first-order chi connectivity index (χ1) is 21.3. The molecule has 11 heteroatoms. The summed E-state index contributed by atoms with van der Waals surface area (Å²) in [5, 5.41) is 0. The van der Waals surface area contributed by atoms with Gasteiger partial charge in [0, 0.05) is 11.6 Å². The van der Waals surface area contributed by atoms with E-state index in [1.165, 1.54) is 23.0 Å². The van der Waals surface area contributed by atoms with E-state index in [4.69, 9.17) is 23.7 Å². The average molecular weight is 680 g/mol. The molecule has 0 fully saturated rings. The van der Waals surface area contributed by atoms with E-state index >= 15 is 0 Å². The number of benzene rings is 3. The average Bonchev–Trinajstić information content (AvgIpc) is 3.33. The van der Waals surface area contributed by atoms with Crippen molar-refractivity contribution in [1.82, 2.24) is 4.57 Å². The zero-order valence-corrected chi connectivity index (χ0v) is 27.3. The van der Waals surface area contributed by atoms with Crippen molar-refractivity contribution < 1.29 is 28.5 Å². The smallest absolute Gasteiger partial charge is 0.338 e. The van der Waals surface area contributed by atoms with Crippen molar-refractivity contribution >= 4 is 39.3 Å². The first-order valence-electron chi connectivity index (χ1n) is 13.7. The Morgan fingerprint density at radius 2 is 1.77 bits per heavy atom. The number of carbonyl (C=O) groups is 1. The van der Waals surface area contributed by atoms with Gasteiger partial charge in [-0.1, -0.05) is 41.7 Å². The zero-order chi connectivity index (χ0) is 31.4. The molecule has 1 aromatic heterocycles. The van der Waals surface area contributed by atoms with Crippen LogP contribution in [0.5, 0.6) is 23.0 Å².